The number of benzene rings is 2. The van der Waals surface area contributed by atoms with Gasteiger partial charge in [-0.1, -0.05) is 61.9 Å². The zero-order chi connectivity index (χ0) is 24.1. The predicted octanol–water partition coefficient (Wildman–Crippen LogP) is 3.30. The van der Waals surface area contributed by atoms with E-state index in [1.807, 2.05) is 43.3 Å². The average molecular weight is 467 g/mol. The smallest absolute Gasteiger partial charge is 0.407 e. The van der Waals surface area contributed by atoms with E-state index in [1.165, 1.54) is 0 Å². The topological polar surface area (TPSA) is 114 Å². The van der Waals surface area contributed by atoms with Crippen LogP contribution in [0.2, 0.25) is 0 Å². The summed E-state index contributed by atoms with van der Waals surface area (Å²) in [6, 6.07) is 15.4. The average Bonchev–Trinajstić information content (AvgIpc) is 3.44. The van der Waals surface area contributed by atoms with Crippen LogP contribution in [-0.2, 0) is 19.1 Å². The van der Waals surface area contributed by atoms with Crippen LogP contribution in [0.1, 0.15) is 43.2 Å². The van der Waals surface area contributed by atoms with E-state index < -0.39 is 24.2 Å². The second-order valence-corrected chi connectivity index (χ2v) is 8.73. The first-order valence-corrected chi connectivity index (χ1v) is 11.7. The van der Waals surface area contributed by atoms with Gasteiger partial charge in [-0.2, -0.15) is 0 Å². The number of aliphatic carboxylic acids is 1. The molecule has 180 valence electrons. The molecule has 1 heterocycles. The Morgan fingerprint density at radius 3 is 2.35 bits per heavy atom. The van der Waals surface area contributed by atoms with Gasteiger partial charge in [0.25, 0.3) is 0 Å². The molecule has 0 spiro atoms. The normalized spacial score (nSPS) is 19.7. The molecule has 0 saturated carbocycles. The molecule has 34 heavy (non-hydrogen) atoms. The molecule has 1 aliphatic heterocycles. The Morgan fingerprint density at radius 1 is 1.09 bits per heavy atom. The molecule has 1 saturated heterocycles. The molecule has 0 bridgehead atoms. The van der Waals surface area contributed by atoms with Gasteiger partial charge in [0.15, 0.2) is 6.10 Å². The van der Waals surface area contributed by atoms with Gasteiger partial charge < -0.3 is 25.2 Å². The molecular formula is C26H30N2O6. The largest absolute Gasteiger partial charge is 0.479 e. The lowest BCUT2D eigenvalue weighted by atomic mass is 9.98. The van der Waals surface area contributed by atoms with Crippen LogP contribution in [0.25, 0.3) is 11.1 Å². The minimum Gasteiger partial charge on any atom is -0.479 e. The van der Waals surface area contributed by atoms with Crippen LogP contribution in [-0.4, -0.2) is 55.0 Å². The van der Waals surface area contributed by atoms with Crippen molar-refractivity contribution < 1.29 is 29.0 Å². The third-order valence-corrected chi connectivity index (χ3v) is 6.53. The Hall–Kier alpha value is -3.39. The molecule has 1 aliphatic carbocycles. The molecule has 3 N–H and O–H groups in total. The highest BCUT2D eigenvalue weighted by Crippen LogP contribution is 2.44. The van der Waals surface area contributed by atoms with Crippen molar-refractivity contribution >= 4 is 18.0 Å². The quantitative estimate of drug-likeness (QED) is 0.523. The molecular weight excluding hydrogens is 436 g/mol. The standard InChI is InChI=1S/C26H30N2O6/c1-2-7-22(24(29)27-14-16-12-13-33-23(16)25(30)31)28-26(32)34-15-21-19-10-5-3-8-17(19)18-9-4-6-11-20(18)21/h3-6,8-11,16,21-23H,2,7,12-15H2,1H3,(H,27,29)(H,28,32)(H,30,31)/t16-,22-,23-/m0/s1. The van der Waals surface area contributed by atoms with Crippen LogP contribution in [0.15, 0.2) is 48.5 Å². The number of nitrogens with one attached hydrogen (secondary N) is 2. The van der Waals surface area contributed by atoms with Crippen LogP contribution in [0.3, 0.4) is 0 Å². The van der Waals surface area contributed by atoms with Gasteiger partial charge in [0.05, 0.1) is 0 Å². The van der Waals surface area contributed by atoms with Crippen molar-refractivity contribution in [1.82, 2.24) is 10.6 Å². The summed E-state index contributed by atoms with van der Waals surface area (Å²) in [5, 5.41) is 14.7. The van der Waals surface area contributed by atoms with E-state index in [1.54, 1.807) is 0 Å². The summed E-state index contributed by atoms with van der Waals surface area (Å²) in [6.07, 6.45) is 0.129. The monoisotopic (exact) mass is 466 g/mol. The molecule has 8 heteroatoms. The van der Waals surface area contributed by atoms with Crippen LogP contribution in [0.5, 0.6) is 0 Å². The van der Waals surface area contributed by atoms with E-state index >= 15 is 0 Å². The van der Waals surface area contributed by atoms with Crippen molar-refractivity contribution in [3.05, 3.63) is 59.7 Å². The van der Waals surface area contributed by atoms with E-state index in [0.29, 0.717) is 25.9 Å². The summed E-state index contributed by atoms with van der Waals surface area (Å²) in [7, 11) is 0. The van der Waals surface area contributed by atoms with Gasteiger partial charge in [-0.05, 0) is 35.1 Å². The molecule has 0 unspecified atom stereocenters. The zero-order valence-corrected chi connectivity index (χ0v) is 19.2. The number of carboxylic acid groups (broad SMARTS) is 1. The number of amides is 2. The summed E-state index contributed by atoms with van der Waals surface area (Å²) < 4.78 is 10.8. The van der Waals surface area contributed by atoms with E-state index in [9.17, 15) is 19.5 Å². The van der Waals surface area contributed by atoms with Crippen molar-refractivity contribution in [2.45, 2.75) is 44.2 Å². The minimum absolute atomic E-state index is 0.0630. The molecule has 2 amide bonds. The summed E-state index contributed by atoms with van der Waals surface area (Å²) in [4.78, 5) is 36.6. The van der Waals surface area contributed by atoms with Gasteiger partial charge in [-0.25, -0.2) is 9.59 Å². The summed E-state index contributed by atoms with van der Waals surface area (Å²) >= 11 is 0. The van der Waals surface area contributed by atoms with E-state index in [-0.39, 0.29) is 30.9 Å². The van der Waals surface area contributed by atoms with E-state index in [4.69, 9.17) is 9.47 Å². The number of carbonyl (C=O) groups excluding carboxylic acids is 2. The zero-order valence-electron chi connectivity index (χ0n) is 19.2. The van der Waals surface area contributed by atoms with Crippen LogP contribution in [0.4, 0.5) is 4.79 Å². The lowest BCUT2D eigenvalue weighted by Crippen LogP contribution is -2.48. The van der Waals surface area contributed by atoms with Crippen molar-refractivity contribution in [3.63, 3.8) is 0 Å². The lowest BCUT2D eigenvalue weighted by molar-refractivity contribution is -0.149. The Kier molecular flexibility index (Phi) is 7.47. The van der Waals surface area contributed by atoms with Gasteiger partial charge in [0, 0.05) is 25.0 Å². The van der Waals surface area contributed by atoms with Gasteiger partial charge in [-0.3, -0.25) is 4.79 Å². The van der Waals surface area contributed by atoms with Gasteiger partial charge in [0.2, 0.25) is 5.91 Å². The van der Waals surface area contributed by atoms with Crippen LogP contribution < -0.4 is 10.6 Å². The molecule has 2 aromatic carbocycles. The number of carbonyl (C=O) groups is 3. The van der Waals surface area contributed by atoms with Crippen molar-refractivity contribution in [1.29, 1.82) is 0 Å². The Bertz CT molecular complexity index is 1010. The maximum Gasteiger partial charge on any atom is 0.407 e. The molecule has 1 fully saturated rings. The summed E-state index contributed by atoms with van der Waals surface area (Å²) in [5.74, 6) is -1.74. The van der Waals surface area contributed by atoms with E-state index in [2.05, 4.69) is 22.8 Å². The lowest BCUT2D eigenvalue weighted by Gasteiger charge is -2.21. The number of alkyl carbamates (subject to hydrolysis) is 1. The van der Waals surface area contributed by atoms with Gasteiger partial charge in [0.1, 0.15) is 12.6 Å². The Labute approximate surface area is 198 Å². The molecule has 4 rings (SSSR count). The first-order valence-electron chi connectivity index (χ1n) is 11.7. The van der Waals surface area contributed by atoms with Crippen LogP contribution >= 0.6 is 0 Å². The van der Waals surface area contributed by atoms with Crippen molar-refractivity contribution in [3.8, 4) is 11.1 Å². The van der Waals surface area contributed by atoms with Crippen molar-refractivity contribution in [2.24, 2.45) is 5.92 Å². The number of fused-ring (bicyclic) bond motifs is 3. The van der Waals surface area contributed by atoms with E-state index in [0.717, 1.165) is 22.3 Å². The highest BCUT2D eigenvalue weighted by molar-refractivity contribution is 5.86. The molecule has 3 atom stereocenters. The summed E-state index contributed by atoms with van der Waals surface area (Å²) in [5.41, 5.74) is 4.52. The fourth-order valence-corrected chi connectivity index (χ4v) is 4.81. The number of carboxylic acids is 1. The van der Waals surface area contributed by atoms with Gasteiger partial charge >= 0.3 is 12.1 Å². The highest BCUT2D eigenvalue weighted by Gasteiger charge is 2.35. The maximum atomic E-state index is 12.7. The Balaban J connectivity index is 1.33. The van der Waals surface area contributed by atoms with Gasteiger partial charge in [-0.15, -0.1) is 0 Å². The maximum absolute atomic E-state index is 12.7. The first kappa shape index (κ1) is 23.8. The van der Waals surface area contributed by atoms with Crippen molar-refractivity contribution in [2.75, 3.05) is 19.8 Å². The Morgan fingerprint density at radius 2 is 1.74 bits per heavy atom. The molecule has 8 nitrogen and oxygen atoms in total. The fraction of sp³-hybridized carbons (Fsp3) is 0.423. The summed E-state index contributed by atoms with van der Waals surface area (Å²) in [6.45, 7) is 2.63. The second kappa shape index (κ2) is 10.7. The number of ether oxygens (including phenoxy) is 2. The number of hydrogen-bond acceptors (Lipinski definition) is 5. The molecule has 0 radical (unpaired) electrons. The second-order valence-electron chi connectivity index (χ2n) is 8.73. The predicted molar refractivity (Wildman–Crippen MR) is 125 cm³/mol. The molecule has 0 aromatic heterocycles. The molecule has 2 aromatic rings. The SMILES string of the molecule is CCC[C@H](NC(=O)OCC1c2ccccc2-c2ccccc21)C(=O)NC[C@@H]1CCO[C@@H]1C(=O)O. The third kappa shape index (κ3) is 5.07. The first-order chi connectivity index (χ1) is 16.5. The fourth-order valence-electron chi connectivity index (χ4n) is 4.81. The molecule has 2 aliphatic rings. The number of rotatable bonds is 9. The number of hydrogen-bond donors (Lipinski definition) is 3. The minimum atomic E-state index is -1.03. The third-order valence-electron chi connectivity index (χ3n) is 6.53. The van der Waals surface area contributed by atoms with Crippen LogP contribution in [0, 0.1) is 5.92 Å². The highest BCUT2D eigenvalue weighted by atomic mass is 16.5.